The third-order valence-electron chi connectivity index (χ3n) is 3.86. The lowest BCUT2D eigenvalue weighted by molar-refractivity contribution is -0.384. The number of nitrogens with zero attached hydrogens (tertiary/aromatic N) is 3. The van der Waals surface area contributed by atoms with Gasteiger partial charge in [-0.15, -0.1) is 0 Å². The third kappa shape index (κ3) is 3.65. The molecule has 0 aliphatic heterocycles. The smallest absolute Gasteiger partial charge is 0.305 e. The molecule has 0 fully saturated rings. The lowest BCUT2D eigenvalue weighted by atomic mass is 10.2. The second-order valence-electron chi connectivity index (χ2n) is 5.54. The van der Waals surface area contributed by atoms with E-state index in [1.54, 1.807) is 13.0 Å². The Morgan fingerprint density at radius 2 is 2.00 bits per heavy atom. The topological polar surface area (TPSA) is 87.3 Å². The van der Waals surface area contributed by atoms with Gasteiger partial charge in [0.2, 0.25) is 0 Å². The summed E-state index contributed by atoms with van der Waals surface area (Å²) in [5, 5.41) is 11.0. The van der Waals surface area contributed by atoms with E-state index < -0.39 is 4.92 Å². The summed E-state index contributed by atoms with van der Waals surface area (Å²) in [4.78, 5) is 26.4. The lowest BCUT2D eigenvalue weighted by Gasteiger charge is -2.10. The van der Waals surface area contributed by atoms with Gasteiger partial charge in [-0.2, -0.15) is 0 Å². The van der Waals surface area contributed by atoms with E-state index in [1.165, 1.54) is 12.1 Å². The zero-order chi connectivity index (χ0) is 17.8. The van der Waals surface area contributed by atoms with E-state index in [0.29, 0.717) is 17.9 Å². The van der Waals surface area contributed by atoms with Crippen molar-refractivity contribution in [2.45, 2.75) is 26.5 Å². The average Bonchev–Trinajstić information content (AvgIpc) is 2.97. The quantitative estimate of drug-likeness (QED) is 0.390. The number of rotatable bonds is 6. The summed E-state index contributed by atoms with van der Waals surface area (Å²) in [7, 11) is 0. The number of aromatic nitrogens is 2. The van der Waals surface area contributed by atoms with E-state index in [2.05, 4.69) is 4.98 Å². The maximum atomic E-state index is 11.5. The molecule has 2 aromatic carbocycles. The molecule has 3 rings (SSSR count). The molecule has 7 heteroatoms. The summed E-state index contributed by atoms with van der Waals surface area (Å²) < 4.78 is 7.12. The fraction of sp³-hybridized carbons (Fsp3) is 0.222. The van der Waals surface area contributed by atoms with Crippen LogP contribution in [0, 0.1) is 10.1 Å². The molecule has 0 amide bonds. The van der Waals surface area contributed by atoms with Gasteiger partial charge in [-0.05, 0) is 11.6 Å². The van der Waals surface area contributed by atoms with Crippen molar-refractivity contribution in [3.63, 3.8) is 0 Å². The average molecular weight is 339 g/mol. The Balaban J connectivity index is 2.02. The fourth-order valence-corrected chi connectivity index (χ4v) is 2.58. The number of nitro groups is 1. The van der Waals surface area contributed by atoms with Crippen molar-refractivity contribution < 1.29 is 14.5 Å². The highest BCUT2D eigenvalue weighted by atomic mass is 16.6. The van der Waals surface area contributed by atoms with E-state index in [1.807, 2.05) is 34.9 Å². The summed E-state index contributed by atoms with van der Waals surface area (Å²) in [6.07, 6.45) is 0.282. The molecular formula is C18H17N3O4. The van der Waals surface area contributed by atoms with Gasteiger partial charge in [0, 0.05) is 25.1 Å². The Kier molecular flexibility index (Phi) is 4.74. The molecule has 0 aliphatic carbocycles. The molecule has 128 valence electrons. The van der Waals surface area contributed by atoms with Crippen molar-refractivity contribution in [1.82, 2.24) is 9.55 Å². The van der Waals surface area contributed by atoms with E-state index in [9.17, 15) is 14.9 Å². The molecule has 7 nitrogen and oxygen atoms in total. The van der Waals surface area contributed by atoms with Gasteiger partial charge in [-0.3, -0.25) is 14.9 Å². The molecule has 0 spiro atoms. The minimum absolute atomic E-state index is 0.0195. The van der Waals surface area contributed by atoms with E-state index in [-0.39, 0.29) is 24.7 Å². The van der Waals surface area contributed by atoms with Crippen LogP contribution in [0.25, 0.3) is 11.0 Å². The van der Waals surface area contributed by atoms with Crippen molar-refractivity contribution in [2.75, 3.05) is 0 Å². The van der Waals surface area contributed by atoms with Crippen molar-refractivity contribution in [1.29, 1.82) is 0 Å². The van der Waals surface area contributed by atoms with Gasteiger partial charge in [0.15, 0.2) is 0 Å². The maximum absolute atomic E-state index is 11.5. The number of hydrogen-bond donors (Lipinski definition) is 0. The number of carbonyl (C=O) groups is 1. The Hall–Kier alpha value is -3.22. The fourth-order valence-electron chi connectivity index (χ4n) is 2.58. The Morgan fingerprint density at radius 1 is 1.24 bits per heavy atom. The van der Waals surface area contributed by atoms with Crippen LogP contribution in [-0.2, 0) is 22.7 Å². The summed E-state index contributed by atoms with van der Waals surface area (Å²) in [6.45, 7) is 2.29. The van der Waals surface area contributed by atoms with Crippen molar-refractivity contribution >= 4 is 22.7 Å². The van der Waals surface area contributed by atoms with Crippen LogP contribution in [-0.4, -0.2) is 20.4 Å². The lowest BCUT2D eigenvalue weighted by Crippen LogP contribution is -2.09. The van der Waals surface area contributed by atoms with Crippen LogP contribution in [0.4, 0.5) is 5.69 Å². The van der Waals surface area contributed by atoms with Crippen molar-refractivity contribution in [3.05, 3.63) is 70.0 Å². The second-order valence-corrected chi connectivity index (χ2v) is 5.54. The normalized spacial score (nSPS) is 10.8. The Labute approximate surface area is 144 Å². The van der Waals surface area contributed by atoms with Crippen LogP contribution in [0.3, 0.4) is 0 Å². The number of esters is 1. The van der Waals surface area contributed by atoms with Crippen LogP contribution in [0.15, 0.2) is 48.5 Å². The number of carbonyl (C=O) groups excluding carboxylic acids is 1. The number of hydrogen-bond acceptors (Lipinski definition) is 5. The monoisotopic (exact) mass is 339 g/mol. The number of imidazole rings is 1. The predicted molar refractivity (Wildman–Crippen MR) is 92.0 cm³/mol. The molecule has 0 aliphatic rings. The number of fused-ring (bicyclic) bond motifs is 1. The molecule has 0 atom stereocenters. The molecule has 0 saturated carbocycles. The van der Waals surface area contributed by atoms with Crippen LogP contribution >= 0.6 is 0 Å². The van der Waals surface area contributed by atoms with Crippen molar-refractivity contribution in [2.24, 2.45) is 0 Å². The standard InChI is InChI=1S/C18H17N3O4/c1-2-18(22)25-12-17-19-15-10-14(21(23)24)8-9-16(15)20(17)11-13-6-4-3-5-7-13/h3-10H,2,11-12H2,1H3. The summed E-state index contributed by atoms with van der Waals surface area (Å²) in [5.41, 5.74) is 2.31. The SMILES string of the molecule is CCC(=O)OCc1nc2cc([N+](=O)[O-])ccc2n1Cc1ccccc1. The summed E-state index contributed by atoms with van der Waals surface area (Å²) in [6, 6.07) is 14.3. The van der Waals surface area contributed by atoms with E-state index in [0.717, 1.165) is 11.1 Å². The van der Waals surface area contributed by atoms with Gasteiger partial charge in [0.1, 0.15) is 12.4 Å². The molecule has 1 heterocycles. The highest BCUT2D eigenvalue weighted by Crippen LogP contribution is 2.23. The number of ether oxygens (including phenoxy) is 1. The predicted octanol–water partition coefficient (Wildman–Crippen LogP) is 3.45. The molecule has 1 aromatic heterocycles. The minimum atomic E-state index is -0.452. The molecule has 25 heavy (non-hydrogen) atoms. The molecule has 0 unspecified atom stereocenters. The highest BCUT2D eigenvalue weighted by molar-refractivity contribution is 5.79. The third-order valence-corrected chi connectivity index (χ3v) is 3.86. The van der Waals surface area contributed by atoms with Crippen LogP contribution in [0.2, 0.25) is 0 Å². The zero-order valence-corrected chi connectivity index (χ0v) is 13.7. The Bertz CT molecular complexity index is 919. The van der Waals surface area contributed by atoms with Gasteiger partial charge >= 0.3 is 5.97 Å². The second kappa shape index (κ2) is 7.12. The zero-order valence-electron chi connectivity index (χ0n) is 13.7. The molecule has 0 bridgehead atoms. The number of nitro benzene ring substituents is 1. The molecule has 3 aromatic rings. The van der Waals surface area contributed by atoms with E-state index >= 15 is 0 Å². The Morgan fingerprint density at radius 3 is 2.68 bits per heavy atom. The highest BCUT2D eigenvalue weighted by Gasteiger charge is 2.16. The molecular weight excluding hydrogens is 322 g/mol. The molecule has 0 N–H and O–H groups in total. The summed E-state index contributed by atoms with van der Waals surface area (Å²) in [5.74, 6) is 0.241. The first-order valence-corrected chi connectivity index (χ1v) is 7.91. The molecule has 0 saturated heterocycles. The minimum Gasteiger partial charge on any atom is -0.458 e. The summed E-state index contributed by atoms with van der Waals surface area (Å²) >= 11 is 0. The van der Waals surface area contributed by atoms with Gasteiger partial charge in [-0.1, -0.05) is 37.3 Å². The maximum Gasteiger partial charge on any atom is 0.305 e. The first-order chi connectivity index (χ1) is 12.1. The first kappa shape index (κ1) is 16.6. The largest absolute Gasteiger partial charge is 0.458 e. The van der Waals surface area contributed by atoms with Gasteiger partial charge in [-0.25, -0.2) is 4.98 Å². The first-order valence-electron chi connectivity index (χ1n) is 7.91. The van der Waals surface area contributed by atoms with E-state index in [4.69, 9.17) is 4.74 Å². The van der Waals surface area contributed by atoms with Gasteiger partial charge < -0.3 is 9.30 Å². The van der Waals surface area contributed by atoms with Crippen molar-refractivity contribution in [3.8, 4) is 0 Å². The van der Waals surface area contributed by atoms with Gasteiger partial charge in [0.05, 0.1) is 16.0 Å². The van der Waals surface area contributed by atoms with Crippen LogP contribution in [0.1, 0.15) is 24.7 Å². The molecule has 0 radical (unpaired) electrons. The van der Waals surface area contributed by atoms with Crippen LogP contribution < -0.4 is 0 Å². The van der Waals surface area contributed by atoms with Crippen LogP contribution in [0.5, 0.6) is 0 Å². The van der Waals surface area contributed by atoms with Gasteiger partial charge in [0.25, 0.3) is 5.69 Å². The number of non-ortho nitro benzene ring substituents is 1. The number of benzene rings is 2.